The van der Waals surface area contributed by atoms with Crippen LogP contribution in [0.4, 0.5) is 11.8 Å². The largest absolute Gasteiger partial charge is 0.377 e. The molecule has 178 valence electrons. The van der Waals surface area contributed by atoms with Gasteiger partial charge >= 0.3 is 0 Å². The topological polar surface area (TPSA) is 76.7 Å². The van der Waals surface area contributed by atoms with Crippen molar-refractivity contribution in [3.05, 3.63) is 48.4 Å². The number of aliphatic imine (C=N–C) groups is 1. The fraction of sp³-hybridized carbons (Fsp3) is 0.481. The van der Waals surface area contributed by atoms with Crippen molar-refractivity contribution in [2.45, 2.75) is 64.9 Å². The summed E-state index contributed by atoms with van der Waals surface area (Å²) in [4.78, 5) is 14.2. The van der Waals surface area contributed by atoms with Crippen molar-refractivity contribution in [3.63, 3.8) is 0 Å². The predicted molar refractivity (Wildman–Crippen MR) is 137 cm³/mol. The Balaban J connectivity index is 1.42. The van der Waals surface area contributed by atoms with Crippen molar-refractivity contribution in [1.82, 2.24) is 19.6 Å². The van der Waals surface area contributed by atoms with Crippen LogP contribution < -0.4 is 5.32 Å². The first-order valence-corrected chi connectivity index (χ1v) is 12.4. The van der Waals surface area contributed by atoms with Crippen LogP contribution in [0.15, 0.2) is 47.9 Å². The minimum absolute atomic E-state index is 0.0778. The summed E-state index contributed by atoms with van der Waals surface area (Å²) in [6, 6.07) is 4.39. The average Bonchev–Trinajstić information content (AvgIpc) is 3.20. The highest BCUT2D eigenvalue weighted by Gasteiger charge is 2.44. The van der Waals surface area contributed by atoms with Gasteiger partial charge in [-0.25, -0.2) is 19.5 Å². The molecule has 0 saturated carbocycles. The number of rotatable bonds is 7. The Kier molecular flexibility index (Phi) is 6.21. The highest BCUT2D eigenvalue weighted by atomic mass is 16.5. The van der Waals surface area contributed by atoms with E-state index >= 15 is 0 Å². The van der Waals surface area contributed by atoms with Gasteiger partial charge in [0.05, 0.1) is 24.4 Å². The van der Waals surface area contributed by atoms with E-state index in [1.165, 1.54) is 24.1 Å². The van der Waals surface area contributed by atoms with Crippen molar-refractivity contribution in [2.24, 2.45) is 10.9 Å². The lowest BCUT2D eigenvalue weighted by Gasteiger charge is -2.35. The molecule has 0 fully saturated rings. The Labute approximate surface area is 201 Å². The summed E-state index contributed by atoms with van der Waals surface area (Å²) in [7, 11) is 0. The normalized spacial score (nSPS) is 20.6. The van der Waals surface area contributed by atoms with E-state index in [1.807, 2.05) is 37.0 Å². The smallest absolute Gasteiger partial charge is 0.241 e. The van der Waals surface area contributed by atoms with Gasteiger partial charge in [0.1, 0.15) is 0 Å². The summed E-state index contributed by atoms with van der Waals surface area (Å²) in [5.41, 5.74) is 5.48. The van der Waals surface area contributed by atoms with Crippen molar-refractivity contribution in [2.75, 3.05) is 18.5 Å². The first-order chi connectivity index (χ1) is 16.5. The third kappa shape index (κ3) is 4.13. The molecule has 2 aliphatic rings. The number of aromatic nitrogens is 4. The number of nitrogens with one attached hydrogen (secondary N) is 1. The molecule has 0 bridgehead atoms. The Hall–Kier alpha value is -3.06. The molecule has 1 aliphatic heterocycles. The molecule has 7 heteroatoms. The third-order valence-electron chi connectivity index (χ3n) is 7.36. The molecule has 5 rings (SSSR count). The number of anilines is 1. The molecule has 0 radical (unpaired) electrons. The molecule has 1 N–H and O–H groups in total. The fourth-order valence-electron chi connectivity index (χ4n) is 5.30. The van der Waals surface area contributed by atoms with Crippen molar-refractivity contribution in [1.29, 1.82) is 0 Å². The molecule has 0 aromatic carbocycles. The summed E-state index contributed by atoms with van der Waals surface area (Å²) in [6.07, 6.45) is 15.3. The molecular weight excluding hydrogens is 424 g/mol. The van der Waals surface area contributed by atoms with Gasteiger partial charge < -0.3 is 10.1 Å². The molecular formula is C27H34N6O. The van der Waals surface area contributed by atoms with Crippen LogP contribution in [-0.2, 0) is 10.2 Å². The number of ether oxygens (including phenoxy) is 1. The second kappa shape index (κ2) is 9.29. The highest BCUT2D eigenvalue weighted by molar-refractivity contribution is 6.00. The Morgan fingerprint density at radius 3 is 2.74 bits per heavy atom. The van der Waals surface area contributed by atoms with E-state index in [-0.39, 0.29) is 11.5 Å². The van der Waals surface area contributed by atoms with Crippen LogP contribution in [0.5, 0.6) is 0 Å². The number of hydrogen-bond acceptors (Lipinski definition) is 6. The second-order valence-electron chi connectivity index (χ2n) is 9.81. The van der Waals surface area contributed by atoms with E-state index in [0.29, 0.717) is 25.0 Å². The van der Waals surface area contributed by atoms with Crippen molar-refractivity contribution < 1.29 is 4.74 Å². The van der Waals surface area contributed by atoms with Gasteiger partial charge in [-0.05, 0) is 71.4 Å². The maximum atomic E-state index is 5.58. The Bertz CT molecular complexity index is 1230. The van der Waals surface area contributed by atoms with Crippen LogP contribution >= 0.6 is 0 Å². The molecule has 4 heterocycles. The van der Waals surface area contributed by atoms with E-state index in [4.69, 9.17) is 14.7 Å². The zero-order valence-electron chi connectivity index (χ0n) is 20.6. The molecule has 1 atom stereocenters. The van der Waals surface area contributed by atoms with E-state index < -0.39 is 0 Å². The van der Waals surface area contributed by atoms with Gasteiger partial charge in [0.25, 0.3) is 0 Å². The molecule has 0 amide bonds. The fourth-order valence-corrected chi connectivity index (χ4v) is 5.30. The van der Waals surface area contributed by atoms with Crippen LogP contribution in [0.25, 0.3) is 16.6 Å². The van der Waals surface area contributed by atoms with E-state index in [9.17, 15) is 0 Å². The monoisotopic (exact) mass is 458 g/mol. The van der Waals surface area contributed by atoms with Gasteiger partial charge in [0.15, 0.2) is 5.82 Å². The summed E-state index contributed by atoms with van der Waals surface area (Å²) in [5, 5.41) is 7.86. The molecule has 34 heavy (non-hydrogen) atoms. The van der Waals surface area contributed by atoms with Crippen LogP contribution in [0, 0.1) is 5.92 Å². The maximum absolute atomic E-state index is 5.58. The number of nitrogens with zero attached hydrogens (tertiary/aromatic N) is 5. The molecule has 3 aromatic heterocycles. The molecule has 0 spiro atoms. The number of hydrogen-bond donors (Lipinski definition) is 1. The van der Waals surface area contributed by atoms with Crippen molar-refractivity contribution >= 4 is 23.0 Å². The number of pyridine rings is 1. The summed E-state index contributed by atoms with van der Waals surface area (Å²) in [5.74, 6) is 2.02. The minimum atomic E-state index is -0.0778. The molecule has 7 nitrogen and oxygen atoms in total. The summed E-state index contributed by atoms with van der Waals surface area (Å²) >= 11 is 0. The predicted octanol–water partition coefficient (Wildman–Crippen LogP) is 5.74. The van der Waals surface area contributed by atoms with E-state index in [0.717, 1.165) is 35.3 Å². The first kappa shape index (κ1) is 22.7. The first-order valence-electron chi connectivity index (χ1n) is 12.4. The minimum Gasteiger partial charge on any atom is -0.377 e. The van der Waals surface area contributed by atoms with E-state index in [2.05, 4.69) is 53.5 Å². The van der Waals surface area contributed by atoms with Gasteiger partial charge in [-0.3, -0.25) is 0 Å². The van der Waals surface area contributed by atoms with E-state index in [1.54, 1.807) is 0 Å². The molecule has 0 saturated heterocycles. The van der Waals surface area contributed by atoms with Gasteiger partial charge in [-0.15, -0.1) is 5.10 Å². The molecule has 3 aromatic rings. The van der Waals surface area contributed by atoms with Gasteiger partial charge in [-0.2, -0.15) is 0 Å². The zero-order chi connectivity index (χ0) is 23.7. The van der Waals surface area contributed by atoms with Gasteiger partial charge in [-0.1, -0.05) is 12.2 Å². The summed E-state index contributed by atoms with van der Waals surface area (Å²) < 4.78 is 7.45. The Morgan fingerprint density at radius 1 is 1.18 bits per heavy atom. The van der Waals surface area contributed by atoms with Crippen LogP contribution in [0.3, 0.4) is 0 Å². The third-order valence-corrected chi connectivity index (χ3v) is 7.36. The standard InChI is InChI=1S/C27H34N6O/c1-18(2)34-14-12-28-26-30-17-24-22(11-13-33(24)32-26)20-15-23-25(29-16-20)31-19(3)27(23,4)21-9-7-5-6-8-10-21/h5-6,11,13,15-18,21H,7-10,12,14H2,1-4H3,(H,28,32). The van der Waals surface area contributed by atoms with Gasteiger partial charge in [0.2, 0.25) is 5.95 Å². The van der Waals surface area contributed by atoms with Crippen molar-refractivity contribution in [3.8, 4) is 11.1 Å². The van der Waals surface area contributed by atoms with Crippen LogP contribution in [0.2, 0.25) is 0 Å². The number of allylic oxidation sites excluding steroid dienone is 2. The maximum Gasteiger partial charge on any atom is 0.241 e. The molecule has 1 aliphatic carbocycles. The molecule has 1 unspecified atom stereocenters. The second-order valence-corrected chi connectivity index (χ2v) is 9.81. The van der Waals surface area contributed by atoms with Crippen LogP contribution in [-0.4, -0.2) is 44.5 Å². The number of fused-ring (bicyclic) bond motifs is 2. The lowest BCUT2D eigenvalue weighted by atomic mass is 9.67. The lowest BCUT2D eigenvalue weighted by Crippen LogP contribution is -2.36. The summed E-state index contributed by atoms with van der Waals surface area (Å²) in [6.45, 7) is 9.88. The SMILES string of the molecule is CC1=Nc2ncc(-c3ccn4nc(NCCOC(C)C)ncc34)cc2C1(C)C1CCC=CCC1. The lowest BCUT2D eigenvalue weighted by molar-refractivity contribution is 0.0869. The zero-order valence-corrected chi connectivity index (χ0v) is 20.6. The Morgan fingerprint density at radius 2 is 1.97 bits per heavy atom. The van der Waals surface area contributed by atoms with Crippen LogP contribution in [0.1, 0.15) is 58.9 Å². The average molecular weight is 459 g/mol. The highest BCUT2D eigenvalue weighted by Crippen LogP contribution is 2.48. The quantitative estimate of drug-likeness (QED) is 0.361. The van der Waals surface area contributed by atoms with Gasteiger partial charge in [0, 0.05) is 46.8 Å².